The van der Waals surface area contributed by atoms with E-state index >= 15 is 0 Å². The number of hydrogen-bond acceptors (Lipinski definition) is 5. The second-order valence-electron chi connectivity index (χ2n) is 3.44. The lowest BCUT2D eigenvalue weighted by Gasteiger charge is -2.05. The Balaban J connectivity index is 3.03. The van der Waals surface area contributed by atoms with Crippen LogP contribution in [0.2, 0.25) is 0 Å². The molecule has 0 saturated heterocycles. The summed E-state index contributed by atoms with van der Waals surface area (Å²) in [5, 5.41) is 16.0. The molecule has 0 atom stereocenters. The van der Waals surface area contributed by atoms with Crippen molar-refractivity contribution >= 4 is 42.5 Å². The molecule has 1 aromatic heterocycles. The second kappa shape index (κ2) is 4.26. The molecule has 0 unspecified atom stereocenters. The zero-order valence-electron chi connectivity index (χ0n) is 8.70. The van der Waals surface area contributed by atoms with Crippen molar-refractivity contribution < 1.29 is 13.3 Å². The maximum atomic E-state index is 11.5. The minimum atomic E-state index is -4.22. The van der Waals surface area contributed by atoms with Crippen LogP contribution in [0, 0.1) is 10.1 Å². The van der Waals surface area contributed by atoms with Crippen molar-refractivity contribution in [3.8, 4) is 0 Å². The number of benzene rings is 1. The fourth-order valence-corrected chi connectivity index (χ4v) is 2.81. The van der Waals surface area contributed by atoms with Crippen LogP contribution in [0.5, 0.6) is 0 Å². The summed E-state index contributed by atoms with van der Waals surface area (Å²) in [6.07, 6.45) is 0.885. The highest BCUT2D eigenvalue weighted by Gasteiger charge is 2.26. The smallest absolute Gasteiger partial charge is 0.258 e. The number of nitrogens with two attached hydrogens (primary N) is 1. The topological polar surface area (TPSA) is 116 Å². The lowest BCUT2D eigenvalue weighted by atomic mass is 10.2. The summed E-state index contributed by atoms with van der Waals surface area (Å²) in [5.74, 6) is 0. The van der Waals surface area contributed by atoms with Crippen LogP contribution in [0.3, 0.4) is 0 Å². The van der Waals surface area contributed by atoms with Crippen LogP contribution in [-0.4, -0.2) is 18.3 Å². The van der Waals surface area contributed by atoms with E-state index in [0.717, 1.165) is 6.20 Å². The fourth-order valence-electron chi connectivity index (χ4n) is 1.56. The number of pyridine rings is 1. The van der Waals surface area contributed by atoms with E-state index in [0.29, 0.717) is 9.99 Å². The summed E-state index contributed by atoms with van der Waals surface area (Å²) in [4.78, 5) is 13.3. The van der Waals surface area contributed by atoms with Crippen molar-refractivity contribution in [2.45, 2.75) is 4.90 Å². The Bertz CT molecular complexity index is 760. The van der Waals surface area contributed by atoms with Gasteiger partial charge in [-0.05, 0) is 18.2 Å². The van der Waals surface area contributed by atoms with Gasteiger partial charge in [0.1, 0.15) is 6.20 Å². The van der Waals surface area contributed by atoms with Gasteiger partial charge in [-0.25, -0.2) is 18.5 Å². The minimum absolute atomic E-state index is 0.112. The molecular weight excluding hydrogens is 326 g/mol. The van der Waals surface area contributed by atoms with Crippen LogP contribution >= 0.6 is 15.9 Å². The van der Waals surface area contributed by atoms with Gasteiger partial charge in [0.2, 0.25) is 10.0 Å². The van der Waals surface area contributed by atoms with Gasteiger partial charge in [-0.1, -0.05) is 15.9 Å². The normalized spacial score (nSPS) is 11.7. The quantitative estimate of drug-likeness (QED) is 0.661. The highest BCUT2D eigenvalue weighted by Crippen LogP contribution is 2.31. The molecule has 0 fully saturated rings. The number of halogens is 1. The lowest BCUT2D eigenvalue weighted by Crippen LogP contribution is -2.15. The minimum Gasteiger partial charge on any atom is -0.258 e. The first kappa shape index (κ1) is 12.9. The van der Waals surface area contributed by atoms with Crippen LogP contribution in [0.1, 0.15) is 0 Å². The molecule has 0 aliphatic heterocycles. The monoisotopic (exact) mass is 331 g/mol. The molecule has 0 radical (unpaired) electrons. The number of nitrogens with zero attached hydrogens (tertiary/aromatic N) is 2. The average Bonchev–Trinajstić information content (AvgIpc) is 2.25. The zero-order chi connectivity index (χ0) is 13.5. The molecule has 7 nitrogen and oxygen atoms in total. The van der Waals surface area contributed by atoms with E-state index in [4.69, 9.17) is 5.14 Å². The number of sulfonamides is 1. The van der Waals surface area contributed by atoms with E-state index in [1.165, 1.54) is 12.1 Å². The highest BCUT2D eigenvalue weighted by atomic mass is 79.9. The molecule has 2 rings (SSSR count). The van der Waals surface area contributed by atoms with Gasteiger partial charge < -0.3 is 0 Å². The van der Waals surface area contributed by atoms with Crippen molar-refractivity contribution in [1.82, 2.24) is 4.98 Å². The molecule has 1 aromatic carbocycles. The molecule has 9 heteroatoms. The van der Waals surface area contributed by atoms with E-state index in [2.05, 4.69) is 20.9 Å². The summed E-state index contributed by atoms with van der Waals surface area (Å²) in [6.45, 7) is 0. The van der Waals surface area contributed by atoms with Crippen molar-refractivity contribution in [3.05, 3.63) is 39.0 Å². The van der Waals surface area contributed by atoms with Crippen LogP contribution in [0.25, 0.3) is 10.9 Å². The Hall–Kier alpha value is -1.58. The molecule has 0 saturated carbocycles. The van der Waals surface area contributed by atoms with Crippen LogP contribution in [-0.2, 0) is 10.0 Å². The third kappa shape index (κ3) is 2.19. The van der Waals surface area contributed by atoms with Gasteiger partial charge in [-0.15, -0.1) is 0 Å². The van der Waals surface area contributed by atoms with Crippen molar-refractivity contribution in [3.63, 3.8) is 0 Å². The molecule has 0 aliphatic rings. The number of hydrogen-bond donors (Lipinski definition) is 1. The van der Waals surface area contributed by atoms with Gasteiger partial charge in [0, 0.05) is 9.86 Å². The predicted molar refractivity (Wildman–Crippen MR) is 67.5 cm³/mol. The standard InChI is InChI=1S/C9H6BrN3O4S/c10-5-1-2-7-6(3-5)9(18(11,16)17)8(4-12-7)13(14)15/h1-4H,(H2,11,16,17). The first-order valence-corrected chi connectivity index (χ1v) is 6.90. The third-order valence-corrected chi connectivity index (χ3v) is 3.73. The van der Waals surface area contributed by atoms with E-state index in [9.17, 15) is 18.5 Å². The van der Waals surface area contributed by atoms with Gasteiger partial charge >= 0.3 is 5.69 Å². The number of rotatable bonds is 2. The van der Waals surface area contributed by atoms with Crippen LogP contribution in [0.15, 0.2) is 33.8 Å². The lowest BCUT2D eigenvalue weighted by molar-refractivity contribution is -0.387. The van der Waals surface area contributed by atoms with E-state index < -0.39 is 25.5 Å². The Morgan fingerprint density at radius 2 is 2.06 bits per heavy atom. The Labute approximate surface area is 110 Å². The van der Waals surface area contributed by atoms with Gasteiger partial charge in [0.05, 0.1) is 10.4 Å². The van der Waals surface area contributed by atoms with E-state index in [-0.39, 0.29) is 5.39 Å². The van der Waals surface area contributed by atoms with Crippen molar-refractivity contribution in [1.29, 1.82) is 0 Å². The van der Waals surface area contributed by atoms with Gasteiger partial charge in [-0.3, -0.25) is 10.1 Å². The number of aromatic nitrogens is 1. The Morgan fingerprint density at radius 1 is 1.39 bits per heavy atom. The number of primary sulfonamides is 1. The summed E-state index contributed by atoms with van der Waals surface area (Å²) < 4.78 is 23.6. The van der Waals surface area contributed by atoms with Gasteiger partial charge in [0.25, 0.3) is 0 Å². The second-order valence-corrected chi connectivity index (χ2v) is 5.85. The fraction of sp³-hybridized carbons (Fsp3) is 0. The third-order valence-electron chi connectivity index (χ3n) is 2.24. The maximum Gasteiger partial charge on any atom is 0.308 e. The van der Waals surface area contributed by atoms with Crippen LogP contribution < -0.4 is 5.14 Å². The van der Waals surface area contributed by atoms with Crippen LogP contribution in [0.4, 0.5) is 5.69 Å². The van der Waals surface area contributed by atoms with E-state index in [1.54, 1.807) is 6.07 Å². The summed E-state index contributed by atoms with van der Waals surface area (Å²) in [6, 6.07) is 4.61. The summed E-state index contributed by atoms with van der Waals surface area (Å²) in [7, 11) is -4.22. The molecule has 2 aromatic rings. The zero-order valence-corrected chi connectivity index (χ0v) is 11.1. The Morgan fingerprint density at radius 3 is 2.61 bits per heavy atom. The molecule has 18 heavy (non-hydrogen) atoms. The number of fused-ring (bicyclic) bond motifs is 1. The molecule has 1 heterocycles. The Kier molecular flexibility index (Phi) is 3.05. The first-order valence-electron chi connectivity index (χ1n) is 4.56. The largest absolute Gasteiger partial charge is 0.308 e. The first-order chi connectivity index (χ1) is 8.30. The van der Waals surface area contributed by atoms with Crippen molar-refractivity contribution in [2.24, 2.45) is 5.14 Å². The van der Waals surface area contributed by atoms with E-state index in [1.807, 2.05) is 0 Å². The van der Waals surface area contributed by atoms with Gasteiger partial charge in [0.15, 0.2) is 4.90 Å². The molecule has 0 bridgehead atoms. The maximum absolute atomic E-state index is 11.5. The summed E-state index contributed by atoms with van der Waals surface area (Å²) >= 11 is 3.16. The average molecular weight is 332 g/mol. The molecule has 0 spiro atoms. The summed E-state index contributed by atoms with van der Waals surface area (Å²) in [5.41, 5.74) is -0.323. The predicted octanol–water partition coefficient (Wildman–Crippen LogP) is 1.55. The molecule has 0 amide bonds. The molecule has 94 valence electrons. The van der Waals surface area contributed by atoms with Crippen molar-refractivity contribution in [2.75, 3.05) is 0 Å². The SMILES string of the molecule is NS(=O)(=O)c1c([N+](=O)[O-])cnc2ccc(Br)cc12. The number of nitro groups is 1. The molecular formula is C9H6BrN3O4S. The highest BCUT2D eigenvalue weighted by molar-refractivity contribution is 9.10. The molecule has 2 N–H and O–H groups in total. The molecule has 0 aliphatic carbocycles. The van der Waals surface area contributed by atoms with Gasteiger partial charge in [-0.2, -0.15) is 0 Å².